The predicted molar refractivity (Wildman–Crippen MR) is 71.6 cm³/mol. The molecule has 2 rings (SSSR count). The van der Waals surface area contributed by atoms with Crippen LogP contribution in [0.15, 0.2) is 42.5 Å². The summed E-state index contributed by atoms with van der Waals surface area (Å²) in [5.74, 6) is -1.22. The normalized spacial score (nSPS) is 12.4. The van der Waals surface area contributed by atoms with Crippen LogP contribution >= 0.6 is 0 Å². The van der Waals surface area contributed by atoms with Gasteiger partial charge >= 0.3 is 0 Å². The third-order valence-corrected chi connectivity index (χ3v) is 3.05. The van der Waals surface area contributed by atoms with Crippen LogP contribution in [0.5, 0.6) is 0 Å². The van der Waals surface area contributed by atoms with E-state index in [0.717, 1.165) is 17.2 Å². The number of benzene rings is 2. The second-order valence-electron chi connectivity index (χ2n) is 4.37. The molecule has 0 amide bonds. The van der Waals surface area contributed by atoms with E-state index in [4.69, 9.17) is 5.73 Å². The zero-order valence-corrected chi connectivity index (χ0v) is 10.7. The Morgan fingerprint density at radius 1 is 1.11 bits per heavy atom. The minimum absolute atomic E-state index is 0.296. The van der Waals surface area contributed by atoms with E-state index in [9.17, 15) is 8.78 Å². The number of hydrogen-bond donors (Lipinski definition) is 2. The molecule has 0 saturated carbocycles. The topological polar surface area (TPSA) is 38.0 Å². The summed E-state index contributed by atoms with van der Waals surface area (Å²) in [4.78, 5) is 0. The molecule has 2 aromatic rings. The van der Waals surface area contributed by atoms with Gasteiger partial charge in [-0.1, -0.05) is 30.3 Å². The highest BCUT2D eigenvalue weighted by atomic mass is 19.1. The summed E-state index contributed by atoms with van der Waals surface area (Å²) in [5.41, 5.74) is 8.24. The lowest BCUT2D eigenvalue weighted by atomic mass is 9.94. The maximum absolute atomic E-state index is 13.8. The van der Waals surface area contributed by atoms with Gasteiger partial charge in [-0.05, 0) is 24.2 Å². The molecule has 0 spiro atoms. The van der Waals surface area contributed by atoms with Crippen molar-refractivity contribution in [2.45, 2.75) is 12.6 Å². The van der Waals surface area contributed by atoms with Gasteiger partial charge in [0, 0.05) is 18.2 Å². The van der Waals surface area contributed by atoms with Gasteiger partial charge in [0.2, 0.25) is 0 Å². The van der Waals surface area contributed by atoms with Crippen LogP contribution in [0.4, 0.5) is 8.78 Å². The molecule has 2 aromatic carbocycles. The van der Waals surface area contributed by atoms with E-state index < -0.39 is 17.7 Å². The number of halogens is 2. The summed E-state index contributed by atoms with van der Waals surface area (Å²) in [5, 5.41) is 3.05. The van der Waals surface area contributed by atoms with Crippen LogP contribution in [-0.4, -0.2) is 7.05 Å². The van der Waals surface area contributed by atoms with Crippen molar-refractivity contribution < 1.29 is 8.78 Å². The van der Waals surface area contributed by atoms with E-state index in [0.29, 0.717) is 12.1 Å². The van der Waals surface area contributed by atoms with Gasteiger partial charge in [0.05, 0.1) is 6.04 Å². The molecule has 1 atom stereocenters. The first-order chi connectivity index (χ1) is 9.13. The summed E-state index contributed by atoms with van der Waals surface area (Å²) in [6, 6.07) is 10.4. The smallest absolute Gasteiger partial charge is 0.131 e. The first kappa shape index (κ1) is 13.6. The SMILES string of the molecule is CNCc1ccccc1[C@@H](N)c1ccc(F)cc1F. The average Bonchev–Trinajstić information content (AvgIpc) is 2.39. The summed E-state index contributed by atoms with van der Waals surface area (Å²) in [6.45, 7) is 0.646. The molecule has 0 radical (unpaired) electrons. The van der Waals surface area contributed by atoms with Gasteiger partial charge in [-0.3, -0.25) is 0 Å². The molecule has 0 aromatic heterocycles. The second-order valence-corrected chi connectivity index (χ2v) is 4.37. The molecular weight excluding hydrogens is 246 g/mol. The van der Waals surface area contributed by atoms with Gasteiger partial charge in [-0.2, -0.15) is 0 Å². The van der Waals surface area contributed by atoms with E-state index in [-0.39, 0.29) is 0 Å². The van der Waals surface area contributed by atoms with Crippen LogP contribution in [0.3, 0.4) is 0 Å². The van der Waals surface area contributed by atoms with Crippen molar-refractivity contribution in [3.63, 3.8) is 0 Å². The van der Waals surface area contributed by atoms with Crippen molar-refractivity contribution in [1.82, 2.24) is 5.32 Å². The van der Waals surface area contributed by atoms with Crippen molar-refractivity contribution >= 4 is 0 Å². The van der Waals surface area contributed by atoms with Gasteiger partial charge in [0.15, 0.2) is 0 Å². The van der Waals surface area contributed by atoms with Gasteiger partial charge < -0.3 is 11.1 Å². The molecule has 19 heavy (non-hydrogen) atoms. The molecule has 0 aliphatic heterocycles. The minimum Gasteiger partial charge on any atom is -0.320 e. The number of rotatable bonds is 4. The van der Waals surface area contributed by atoms with Crippen LogP contribution in [0, 0.1) is 11.6 Å². The lowest BCUT2D eigenvalue weighted by molar-refractivity contribution is 0.565. The van der Waals surface area contributed by atoms with Crippen molar-refractivity contribution in [3.05, 3.63) is 70.8 Å². The molecule has 2 nitrogen and oxygen atoms in total. The Balaban J connectivity index is 2.41. The fraction of sp³-hybridized carbons (Fsp3) is 0.200. The molecule has 0 heterocycles. The summed E-state index contributed by atoms with van der Waals surface area (Å²) < 4.78 is 26.7. The monoisotopic (exact) mass is 262 g/mol. The molecule has 3 N–H and O–H groups in total. The summed E-state index contributed by atoms with van der Waals surface area (Å²) in [7, 11) is 1.83. The lowest BCUT2D eigenvalue weighted by Gasteiger charge is -2.17. The van der Waals surface area contributed by atoms with E-state index in [1.54, 1.807) is 0 Å². The van der Waals surface area contributed by atoms with Crippen LogP contribution in [0.1, 0.15) is 22.7 Å². The standard InChI is InChI=1S/C15H16F2N2/c1-19-9-10-4-2-3-5-12(10)15(18)13-7-6-11(16)8-14(13)17/h2-8,15,19H,9,18H2,1H3/t15-/m1/s1. The maximum Gasteiger partial charge on any atom is 0.131 e. The first-order valence-electron chi connectivity index (χ1n) is 6.06. The van der Waals surface area contributed by atoms with E-state index in [1.807, 2.05) is 31.3 Å². The molecule has 0 aliphatic rings. The van der Waals surface area contributed by atoms with Crippen molar-refractivity contribution in [3.8, 4) is 0 Å². The summed E-state index contributed by atoms with van der Waals surface area (Å²) in [6.07, 6.45) is 0. The fourth-order valence-corrected chi connectivity index (χ4v) is 2.11. The zero-order valence-electron chi connectivity index (χ0n) is 10.7. The quantitative estimate of drug-likeness (QED) is 0.889. The van der Waals surface area contributed by atoms with E-state index >= 15 is 0 Å². The first-order valence-corrected chi connectivity index (χ1v) is 6.06. The minimum atomic E-state index is -0.619. The van der Waals surface area contributed by atoms with Gasteiger partial charge in [-0.25, -0.2) is 8.78 Å². The Bertz CT molecular complexity index is 570. The van der Waals surface area contributed by atoms with Gasteiger partial charge in [0.25, 0.3) is 0 Å². The third kappa shape index (κ3) is 2.97. The number of nitrogens with two attached hydrogens (primary N) is 1. The highest BCUT2D eigenvalue weighted by Crippen LogP contribution is 2.25. The lowest BCUT2D eigenvalue weighted by Crippen LogP contribution is -2.18. The average molecular weight is 262 g/mol. The molecule has 0 unspecified atom stereocenters. The predicted octanol–water partition coefficient (Wildman–Crippen LogP) is 2.73. The third-order valence-electron chi connectivity index (χ3n) is 3.05. The molecule has 0 fully saturated rings. The Kier molecular flexibility index (Phi) is 4.24. The van der Waals surface area contributed by atoms with Crippen molar-refractivity contribution in [1.29, 1.82) is 0 Å². The Morgan fingerprint density at radius 2 is 1.84 bits per heavy atom. The highest BCUT2D eigenvalue weighted by molar-refractivity contribution is 5.37. The van der Waals surface area contributed by atoms with Crippen molar-refractivity contribution in [2.75, 3.05) is 7.05 Å². The van der Waals surface area contributed by atoms with Crippen molar-refractivity contribution in [2.24, 2.45) is 5.73 Å². The Labute approximate surface area is 111 Å². The van der Waals surface area contributed by atoms with Crippen LogP contribution in [0.2, 0.25) is 0 Å². The molecular formula is C15H16F2N2. The molecule has 0 bridgehead atoms. The highest BCUT2D eigenvalue weighted by Gasteiger charge is 2.16. The van der Waals surface area contributed by atoms with E-state index in [2.05, 4.69) is 5.32 Å². The Hall–Kier alpha value is -1.78. The zero-order chi connectivity index (χ0) is 13.8. The van der Waals surface area contributed by atoms with E-state index in [1.165, 1.54) is 12.1 Å². The molecule has 100 valence electrons. The van der Waals surface area contributed by atoms with Crippen LogP contribution in [-0.2, 0) is 6.54 Å². The van der Waals surface area contributed by atoms with Gasteiger partial charge in [0.1, 0.15) is 11.6 Å². The Morgan fingerprint density at radius 3 is 2.53 bits per heavy atom. The van der Waals surface area contributed by atoms with Crippen LogP contribution in [0.25, 0.3) is 0 Å². The molecule has 0 saturated heterocycles. The number of hydrogen-bond acceptors (Lipinski definition) is 2. The molecule has 4 heteroatoms. The second kappa shape index (κ2) is 5.91. The fourth-order valence-electron chi connectivity index (χ4n) is 2.11. The largest absolute Gasteiger partial charge is 0.320 e. The molecule has 0 aliphatic carbocycles. The summed E-state index contributed by atoms with van der Waals surface area (Å²) >= 11 is 0. The van der Waals surface area contributed by atoms with Crippen LogP contribution < -0.4 is 11.1 Å². The maximum atomic E-state index is 13.8. The van der Waals surface area contributed by atoms with Gasteiger partial charge in [-0.15, -0.1) is 0 Å². The number of nitrogens with one attached hydrogen (secondary N) is 1.